The van der Waals surface area contributed by atoms with Gasteiger partial charge in [0.05, 0.1) is 0 Å². The topological polar surface area (TPSA) is 34.0 Å². The molecule has 0 radical (unpaired) electrons. The molecule has 2 bridgehead atoms. The summed E-state index contributed by atoms with van der Waals surface area (Å²) in [7, 11) is 2.93. The largest absolute Gasteiger partial charge is 0.312 e. The predicted octanol–water partition coefficient (Wildman–Crippen LogP) is 2.67. The van der Waals surface area contributed by atoms with Crippen molar-refractivity contribution < 1.29 is 0 Å². The van der Waals surface area contributed by atoms with Crippen molar-refractivity contribution in [2.24, 2.45) is 0 Å². The van der Waals surface area contributed by atoms with Crippen molar-refractivity contribution in [3.05, 3.63) is 11.6 Å². The van der Waals surface area contributed by atoms with Crippen LogP contribution in [-0.2, 0) is 0 Å². The molecule has 100 valence electrons. The van der Waals surface area contributed by atoms with E-state index in [9.17, 15) is 0 Å². The van der Waals surface area contributed by atoms with Crippen molar-refractivity contribution >= 4 is 9.39 Å². The standard InChI is InChI=1S/C13H23N4P/c1-8(2)13-15-14-9(3)16(13)12-6-10-4-5-11(7-12)17(10)18/h8,10-12H,4-7,18H2,1-3H3. The molecule has 0 saturated carbocycles. The van der Waals surface area contributed by atoms with Gasteiger partial charge >= 0.3 is 0 Å². The Bertz CT molecular complexity index is 428. The molecule has 2 aliphatic rings. The Balaban J connectivity index is 1.90. The molecule has 0 spiro atoms. The average molecular weight is 266 g/mol. The highest BCUT2D eigenvalue weighted by atomic mass is 31.0. The molecule has 1 aromatic heterocycles. The minimum atomic E-state index is 0.456. The SMILES string of the molecule is Cc1nnc(C(C)C)n1C1CC2CCC(C1)N2P. The molecule has 2 aliphatic heterocycles. The minimum absolute atomic E-state index is 0.456. The van der Waals surface area contributed by atoms with Crippen LogP contribution in [0.25, 0.3) is 0 Å². The van der Waals surface area contributed by atoms with Gasteiger partial charge in [-0.25, -0.2) is 0 Å². The summed E-state index contributed by atoms with van der Waals surface area (Å²) in [6, 6.07) is 2.08. The van der Waals surface area contributed by atoms with Gasteiger partial charge < -0.3 is 4.57 Å². The van der Waals surface area contributed by atoms with Gasteiger partial charge in [-0.1, -0.05) is 23.2 Å². The van der Waals surface area contributed by atoms with Crippen molar-refractivity contribution in [3.8, 4) is 0 Å². The number of aromatic nitrogens is 3. The summed E-state index contributed by atoms with van der Waals surface area (Å²) in [5.74, 6) is 2.70. The molecule has 0 amide bonds. The van der Waals surface area contributed by atoms with Gasteiger partial charge in [0.25, 0.3) is 0 Å². The van der Waals surface area contributed by atoms with Crippen LogP contribution in [0.2, 0.25) is 0 Å². The zero-order valence-corrected chi connectivity index (χ0v) is 12.7. The zero-order valence-electron chi connectivity index (χ0n) is 11.5. The predicted molar refractivity (Wildman–Crippen MR) is 75.5 cm³/mol. The van der Waals surface area contributed by atoms with Crippen molar-refractivity contribution in [1.29, 1.82) is 0 Å². The number of hydrogen-bond acceptors (Lipinski definition) is 3. The average Bonchev–Trinajstić information content (AvgIpc) is 2.77. The summed E-state index contributed by atoms with van der Waals surface area (Å²) < 4.78 is 4.92. The van der Waals surface area contributed by atoms with Gasteiger partial charge in [0.2, 0.25) is 0 Å². The highest BCUT2D eigenvalue weighted by Gasteiger charge is 2.40. The van der Waals surface area contributed by atoms with Crippen molar-refractivity contribution in [2.75, 3.05) is 0 Å². The first-order valence-corrected chi connectivity index (χ1v) is 7.54. The molecule has 0 N–H and O–H groups in total. The van der Waals surface area contributed by atoms with Crippen LogP contribution in [0.1, 0.15) is 63.1 Å². The third kappa shape index (κ3) is 1.90. The summed E-state index contributed by atoms with van der Waals surface area (Å²) in [6.45, 7) is 6.51. The van der Waals surface area contributed by atoms with E-state index in [0.717, 1.165) is 23.7 Å². The van der Waals surface area contributed by atoms with E-state index >= 15 is 0 Å². The number of aryl methyl sites for hydroxylation is 1. The summed E-state index contributed by atoms with van der Waals surface area (Å²) in [5, 5.41) is 8.67. The molecular formula is C13H23N4P. The van der Waals surface area contributed by atoms with Crippen LogP contribution >= 0.6 is 9.39 Å². The van der Waals surface area contributed by atoms with Crippen molar-refractivity contribution in [1.82, 2.24) is 19.4 Å². The van der Waals surface area contributed by atoms with Crippen LogP contribution in [0, 0.1) is 6.92 Å². The monoisotopic (exact) mass is 266 g/mol. The number of rotatable bonds is 2. The van der Waals surface area contributed by atoms with Crippen LogP contribution in [-0.4, -0.2) is 31.5 Å². The molecule has 2 saturated heterocycles. The molecule has 3 atom stereocenters. The number of fused-ring (bicyclic) bond motifs is 2. The lowest BCUT2D eigenvalue weighted by Gasteiger charge is -2.37. The lowest BCUT2D eigenvalue weighted by molar-refractivity contribution is 0.201. The zero-order chi connectivity index (χ0) is 12.9. The number of nitrogens with zero attached hydrogens (tertiary/aromatic N) is 4. The lowest BCUT2D eigenvalue weighted by atomic mass is 9.98. The highest BCUT2D eigenvalue weighted by molar-refractivity contribution is 7.13. The highest BCUT2D eigenvalue weighted by Crippen LogP contribution is 2.43. The Morgan fingerprint density at radius 1 is 1.11 bits per heavy atom. The Hall–Kier alpha value is -0.470. The van der Waals surface area contributed by atoms with E-state index < -0.39 is 0 Å². The molecule has 3 rings (SSSR count). The smallest absolute Gasteiger partial charge is 0.135 e. The van der Waals surface area contributed by atoms with Crippen molar-refractivity contribution in [2.45, 2.75) is 70.5 Å². The van der Waals surface area contributed by atoms with E-state index in [-0.39, 0.29) is 0 Å². The van der Waals surface area contributed by atoms with E-state index in [1.807, 2.05) is 0 Å². The van der Waals surface area contributed by atoms with E-state index in [1.165, 1.54) is 25.7 Å². The molecule has 4 nitrogen and oxygen atoms in total. The van der Waals surface area contributed by atoms with Crippen LogP contribution in [0.5, 0.6) is 0 Å². The lowest BCUT2D eigenvalue weighted by Crippen LogP contribution is -2.37. The fraction of sp³-hybridized carbons (Fsp3) is 0.846. The van der Waals surface area contributed by atoms with Gasteiger partial charge in [-0.15, -0.1) is 10.2 Å². The van der Waals surface area contributed by atoms with Gasteiger partial charge in [-0.3, -0.25) is 4.67 Å². The molecule has 0 aliphatic carbocycles. The second-order valence-electron chi connectivity index (χ2n) is 6.09. The Kier molecular flexibility index (Phi) is 3.19. The molecule has 5 heteroatoms. The van der Waals surface area contributed by atoms with Crippen LogP contribution < -0.4 is 0 Å². The Morgan fingerprint density at radius 2 is 1.72 bits per heavy atom. The second kappa shape index (κ2) is 4.57. The normalized spacial score (nSPS) is 32.4. The van der Waals surface area contributed by atoms with Gasteiger partial charge in [0, 0.05) is 24.0 Å². The maximum absolute atomic E-state index is 4.37. The van der Waals surface area contributed by atoms with Crippen LogP contribution in [0.4, 0.5) is 0 Å². The van der Waals surface area contributed by atoms with Gasteiger partial charge in [-0.2, -0.15) is 0 Å². The third-order valence-corrected chi connectivity index (χ3v) is 5.38. The van der Waals surface area contributed by atoms with E-state index in [1.54, 1.807) is 0 Å². The first-order valence-electron chi connectivity index (χ1n) is 7.02. The molecule has 1 aromatic rings. The quantitative estimate of drug-likeness (QED) is 0.772. The van der Waals surface area contributed by atoms with Gasteiger partial charge in [-0.05, 0) is 32.6 Å². The second-order valence-corrected chi connectivity index (χ2v) is 6.68. The Labute approximate surface area is 111 Å². The van der Waals surface area contributed by atoms with Crippen LogP contribution in [0.15, 0.2) is 0 Å². The first kappa shape index (κ1) is 12.6. The summed E-state index contributed by atoms with van der Waals surface area (Å²) in [5.41, 5.74) is 0. The molecular weight excluding hydrogens is 243 g/mol. The first-order chi connectivity index (χ1) is 8.58. The molecule has 0 aromatic carbocycles. The molecule has 3 unspecified atom stereocenters. The minimum Gasteiger partial charge on any atom is -0.312 e. The molecule has 18 heavy (non-hydrogen) atoms. The van der Waals surface area contributed by atoms with Gasteiger partial charge in [0.15, 0.2) is 0 Å². The van der Waals surface area contributed by atoms with E-state index in [0.29, 0.717) is 12.0 Å². The van der Waals surface area contributed by atoms with Crippen LogP contribution in [0.3, 0.4) is 0 Å². The molecule has 3 heterocycles. The Morgan fingerprint density at radius 3 is 2.28 bits per heavy atom. The summed E-state index contributed by atoms with van der Waals surface area (Å²) >= 11 is 0. The fourth-order valence-corrected chi connectivity index (χ4v) is 4.17. The number of piperidine rings is 1. The summed E-state index contributed by atoms with van der Waals surface area (Å²) in [4.78, 5) is 0. The van der Waals surface area contributed by atoms with Gasteiger partial charge in [0.1, 0.15) is 11.6 Å². The maximum atomic E-state index is 4.37. The third-order valence-electron chi connectivity index (χ3n) is 4.54. The number of hydrogen-bond donors (Lipinski definition) is 0. The maximum Gasteiger partial charge on any atom is 0.135 e. The van der Waals surface area contributed by atoms with Crippen molar-refractivity contribution in [3.63, 3.8) is 0 Å². The summed E-state index contributed by atoms with van der Waals surface area (Å²) in [6.07, 6.45) is 5.20. The van der Waals surface area contributed by atoms with E-state index in [2.05, 4.69) is 49.6 Å². The van der Waals surface area contributed by atoms with E-state index in [4.69, 9.17) is 0 Å². The molecule has 2 fully saturated rings. The fourth-order valence-electron chi connectivity index (χ4n) is 3.63.